The SMILES string of the molecule is CCCCc1cc(COC(C)=O)cc(CCCC)c1O. The Morgan fingerprint density at radius 2 is 1.60 bits per heavy atom. The number of benzene rings is 1. The first-order chi connectivity index (χ1) is 9.58. The molecule has 0 radical (unpaired) electrons. The number of esters is 1. The molecule has 0 atom stereocenters. The lowest BCUT2D eigenvalue weighted by Gasteiger charge is -2.13. The third-order valence-electron chi connectivity index (χ3n) is 3.37. The van der Waals surface area contributed by atoms with Crippen molar-refractivity contribution in [3.63, 3.8) is 0 Å². The highest BCUT2D eigenvalue weighted by Gasteiger charge is 2.10. The minimum Gasteiger partial charge on any atom is -0.507 e. The Kier molecular flexibility index (Phi) is 7.13. The number of carbonyl (C=O) groups is 1. The molecular formula is C17H26O3. The summed E-state index contributed by atoms with van der Waals surface area (Å²) in [7, 11) is 0. The van der Waals surface area contributed by atoms with E-state index in [1.165, 1.54) is 6.92 Å². The second kappa shape index (κ2) is 8.62. The number of phenolic OH excluding ortho intramolecular Hbond substituents is 1. The molecule has 0 bridgehead atoms. The van der Waals surface area contributed by atoms with E-state index in [9.17, 15) is 9.90 Å². The van der Waals surface area contributed by atoms with E-state index in [1.807, 2.05) is 12.1 Å². The van der Waals surface area contributed by atoms with E-state index in [4.69, 9.17) is 4.74 Å². The predicted octanol–water partition coefficient (Wildman–Crippen LogP) is 4.14. The maximum atomic E-state index is 10.9. The van der Waals surface area contributed by atoms with Crippen LogP contribution in [0.25, 0.3) is 0 Å². The fourth-order valence-electron chi connectivity index (χ4n) is 2.22. The maximum Gasteiger partial charge on any atom is 0.302 e. The van der Waals surface area contributed by atoms with Crippen LogP contribution in [0.3, 0.4) is 0 Å². The van der Waals surface area contributed by atoms with Crippen LogP contribution < -0.4 is 0 Å². The lowest BCUT2D eigenvalue weighted by Crippen LogP contribution is -2.01. The van der Waals surface area contributed by atoms with Crippen LogP contribution in [-0.4, -0.2) is 11.1 Å². The molecule has 0 fully saturated rings. The Hall–Kier alpha value is -1.51. The van der Waals surface area contributed by atoms with E-state index < -0.39 is 0 Å². The molecule has 3 nitrogen and oxygen atoms in total. The number of aryl methyl sites for hydroxylation is 2. The molecule has 1 aromatic carbocycles. The van der Waals surface area contributed by atoms with Gasteiger partial charge in [0.25, 0.3) is 0 Å². The van der Waals surface area contributed by atoms with Gasteiger partial charge in [0.1, 0.15) is 12.4 Å². The number of phenols is 1. The summed E-state index contributed by atoms with van der Waals surface area (Å²) in [6.45, 7) is 5.97. The number of carbonyl (C=O) groups excluding carboxylic acids is 1. The van der Waals surface area contributed by atoms with Gasteiger partial charge in [-0.25, -0.2) is 0 Å². The van der Waals surface area contributed by atoms with Crippen LogP contribution in [0.5, 0.6) is 5.75 Å². The molecular weight excluding hydrogens is 252 g/mol. The zero-order valence-corrected chi connectivity index (χ0v) is 12.9. The van der Waals surface area contributed by atoms with Crippen molar-refractivity contribution in [1.82, 2.24) is 0 Å². The lowest BCUT2D eigenvalue weighted by atomic mass is 9.97. The van der Waals surface area contributed by atoms with Crippen LogP contribution in [0.15, 0.2) is 12.1 Å². The van der Waals surface area contributed by atoms with E-state index in [0.717, 1.165) is 55.2 Å². The van der Waals surface area contributed by atoms with Crippen molar-refractivity contribution in [2.75, 3.05) is 0 Å². The van der Waals surface area contributed by atoms with Gasteiger partial charge in [0.2, 0.25) is 0 Å². The van der Waals surface area contributed by atoms with Crippen molar-refractivity contribution in [1.29, 1.82) is 0 Å². The van der Waals surface area contributed by atoms with E-state index >= 15 is 0 Å². The molecule has 0 amide bonds. The second-order valence-corrected chi connectivity index (χ2v) is 5.25. The summed E-state index contributed by atoms with van der Waals surface area (Å²) in [6, 6.07) is 3.92. The second-order valence-electron chi connectivity index (χ2n) is 5.25. The van der Waals surface area contributed by atoms with Gasteiger partial charge in [-0.1, -0.05) is 26.7 Å². The molecule has 20 heavy (non-hydrogen) atoms. The third kappa shape index (κ3) is 5.24. The summed E-state index contributed by atoms with van der Waals surface area (Å²) >= 11 is 0. The van der Waals surface area contributed by atoms with Gasteiger partial charge in [0, 0.05) is 6.92 Å². The van der Waals surface area contributed by atoms with Gasteiger partial charge in [0.15, 0.2) is 0 Å². The normalized spacial score (nSPS) is 10.6. The smallest absolute Gasteiger partial charge is 0.302 e. The predicted molar refractivity (Wildman–Crippen MR) is 80.8 cm³/mol. The molecule has 3 heteroatoms. The Labute approximate surface area is 122 Å². The number of hydrogen-bond acceptors (Lipinski definition) is 3. The van der Waals surface area contributed by atoms with Crippen molar-refractivity contribution in [2.45, 2.75) is 65.9 Å². The Bertz CT molecular complexity index is 409. The molecule has 112 valence electrons. The molecule has 1 rings (SSSR count). The Morgan fingerprint density at radius 1 is 1.10 bits per heavy atom. The molecule has 0 spiro atoms. The van der Waals surface area contributed by atoms with E-state index in [0.29, 0.717) is 5.75 Å². The number of ether oxygens (including phenoxy) is 1. The highest BCUT2D eigenvalue weighted by atomic mass is 16.5. The molecule has 0 aliphatic carbocycles. The number of unbranched alkanes of at least 4 members (excludes halogenated alkanes) is 2. The Balaban J connectivity index is 2.95. The molecule has 1 aromatic rings. The van der Waals surface area contributed by atoms with Crippen LogP contribution in [0.4, 0.5) is 0 Å². The Morgan fingerprint density at radius 3 is 2.00 bits per heavy atom. The monoisotopic (exact) mass is 278 g/mol. The molecule has 0 saturated heterocycles. The van der Waals surface area contributed by atoms with Gasteiger partial charge < -0.3 is 9.84 Å². The largest absolute Gasteiger partial charge is 0.507 e. The number of hydrogen-bond donors (Lipinski definition) is 1. The van der Waals surface area contributed by atoms with Crippen molar-refractivity contribution < 1.29 is 14.6 Å². The first kappa shape index (κ1) is 16.5. The zero-order valence-electron chi connectivity index (χ0n) is 12.9. The highest BCUT2D eigenvalue weighted by molar-refractivity contribution is 5.66. The minimum atomic E-state index is -0.275. The summed E-state index contributed by atoms with van der Waals surface area (Å²) < 4.78 is 5.07. The maximum absolute atomic E-state index is 10.9. The molecule has 1 N–H and O–H groups in total. The average Bonchev–Trinajstić information content (AvgIpc) is 2.43. The first-order valence-electron chi connectivity index (χ1n) is 7.55. The van der Waals surface area contributed by atoms with E-state index in [1.54, 1.807) is 0 Å². The zero-order chi connectivity index (χ0) is 15.0. The topological polar surface area (TPSA) is 46.5 Å². The van der Waals surface area contributed by atoms with Crippen LogP contribution >= 0.6 is 0 Å². The minimum absolute atomic E-state index is 0.275. The summed E-state index contributed by atoms with van der Waals surface area (Å²) in [5.74, 6) is 0.154. The fourth-order valence-corrected chi connectivity index (χ4v) is 2.22. The third-order valence-corrected chi connectivity index (χ3v) is 3.37. The van der Waals surface area contributed by atoms with Gasteiger partial charge in [-0.05, 0) is 54.5 Å². The molecule has 0 heterocycles. The highest BCUT2D eigenvalue weighted by Crippen LogP contribution is 2.28. The first-order valence-corrected chi connectivity index (χ1v) is 7.55. The van der Waals surface area contributed by atoms with Crippen LogP contribution in [0.2, 0.25) is 0 Å². The molecule has 0 aliphatic heterocycles. The molecule has 0 aliphatic rings. The van der Waals surface area contributed by atoms with Gasteiger partial charge in [0.05, 0.1) is 0 Å². The number of aromatic hydroxyl groups is 1. The quantitative estimate of drug-likeness (QED) is 0.727. The van der Waals surface area contributed by atoms with Gasteiger partial charge in [-0.2, -0.15) is 0 Å². The van der Waals surface area contributed by atoms with Crippen LogP contribution in [-0.2, 0) is 29.0 Å². The van der Waals surface area contributed by atoms with Crippen molar-refractivity contribution in [2.24, 2.45) is 0 Å². The van der Waals surface area contributed by atoms with Crippen molar-refractivity contribution in [3.8, 4) is 5.75 Å². The summed E-state index contributed by atoms with van der Waals surface area (Å²) in [6.07, 6.45) is 6.04. The number of rotatable bonds is 8. The molecule has 0 aromatic heterocycles. The summed E-state index contributed by atoms with van der Waals surface area (Å²) in [5, 5.41) is 10.3. The lowest BCUT2D eigenvalue weighted by molar-refractivity contribution is -0.142. The molecule has 0 saturated carbocycles. The molecule has 0 unspecified atom stereocenters. The van der Waals surface area contributed by atoms with Crippen molar-refractivity contribution in [3.05, 3.63) is 28.8 Å². The van der Waals surface area contributed by atoms with Gasteiger partial charge in [-0.3, -0.25) is 4.79 Å². The average molecular weight is 278 g/mol. The van der Waals surface area contributed by atoms with Gasteiger partial charge in [-0.15, -0.1) is 0 Å². The van der Waals surface area contributed by atoms with Crippen LogP contribution in [0, 0.1) is 0 Å². The van der Waals surface area contributed by atoms with Crippen LogP contribution in [0.1, 0.15) is 63.1 Å². The summed E-state index contributed by atoms with van der Waals surface area (Å²) in [5.41, 5.74) is 2.92. The summed E-state index contributed by atoms with van der Waals surface area (Å²) in [4.78, 5) is 10.9. The van der Waals surface area contributed by atoms with E-state index in [2.05, 4.69) is 13.8 Å². The fraction of sp³-hybridized carbons (Fsp3) is 0.588. The van der Waals surface area contributed by atoms with Crippen molar-refractivity contribution >= 4 is 5.97 Å². The van der Waals surface area contributed by atoms with E-state index in [-0.39, 0.29) is 12.6 Å². The van der Waals surface area contributed by atoms with Gasteiger partial charge >= 0.3 is 5.97 Å². The standard InChI is InChI=1S/C17H26O3/c1-4-6-8-15-10-14(12-20-13(3)18)11-16(17(15)19)9-7-5-2/h10-11,19H,4-9,12H2,1-3H3.